The van der Waals surface area contributed by atoms with Crippen LogP contribution in [0.5, 0.6) is 0 Å². The van der Waals surface area contributed by atoms with Gasteiger partial charge in [0.05, 0.1) is 0 Å². The first-order valence-corrected chi connectivity index (χ1v) is 4.91. The Hall–Kier alpha value is -0.770. The van der Waals surface area contributed by atoms with E-state index < -0.39 is 36.2 Å². The molecule has 0 bridgehead atoms. The summed E-state index contributed by atoms with van der Waals surface area (Å²) in [6.45, 7) is 0.991. The SMILES string of the molecule is COCOC1(C)O[C@H](C(=O)O)[C@@H](O)[C@H](O)[C@H]1O. The zero-order chi connectivity index (χ0) is 13.2. The zero-order valence-corrected chi connectivity index (χ0v) is 9.44. The molecule has 0 aromatic rings. The van der Waals surface area contributed by atoms with E-state index in [1.165, 1.54) is 14.0 Å². The molecule has 0 aromatic carbocycles. The summed E-state index contributed by atoms with van der Waals surface area (Å²) in [6, 6.07) is 0. The van der Waals surface area contributed by atoms with Crippen LogP contribution in [0.1, 0.15) is 6.92 Å². The van der Waals surface area contributed by atoms with E-state index in [9.17, 15) is 20.1 Å². The van der Waals surface area contributed by atoms with Crippen LogP contribution in [0, 0.1) is 0 Å². The van der Waals surface area contributed by atoms with Gasteiger partial charge in [-0.3, -0.25) is 0 Å². The number of carboxylic acid groups (broad SMARTS) is 1. The van der Waals surface area contributed by atoms with Gasteiger partial charge in [-0.15, -0.1) is 0 Å². The van der Waals surface area contributed by atoms with Crippen molar-refractivity contribution in [3.8, 4) is 0 Å². The molecule has 1 aliphatic heterocycles. The molecule has 0 radical (unpaired) electrons. The maximum atomic E-state index is 10.8. The summed E-state index contributed by atoms with van der Waals surface area (Å²) in [6.07, 6.45) is -6.70. The van der Waals surface area contributed by atoms with Gasteiger partial charge in [0.15, 0.2) is 11.9 Å². The highest BCUT2D eigenvalue weighted by Gasteiger charge is 2.54. The Morgan fingerprint density at radius 2 is 1.94 bits per heavy atom. The van der Waals surface area contributed by atoms with Crippen LogP contribution in [-0.4, -0.2) is 70.5 Å². The number of carboxylic acids is 1. The molecule has 4 N–H and O–H groups in total. The third kappa shape index (κ3) is 2.73. The van der Waals surface area contributed by atoms with Gasteiger partial charge in [-0.1, -0.05) is 0 Å². The first kappa shape index (κ1) is 14.3. The summed E-state index contributed by atoms with van der Waals surface area (Å²) in [4.78, 5) is 10.8. The molecule has 1 unspecified atom stereocenters. The van der Waals surface area contributed by atoms with Gasteiger partial charge in [0, 0.05) is 7.11 Å². The van der Waals surface area contributed by atoms with Crippen LogP contribution in [0.2, 0.25) is 0 Å². The van der Waals surface area contributed by atoms with Crippen molar-refractivity contribution in [2.24, 2.45) is 0 Å². The fourth-order valence-electron chi connectivity index (χ4n) is 1.56. The van der Waals surface area contributed by atoms with Crippen molar-refractivity contribution in [1.82, 2.24) is 0 Å². The second-order valence-electron chi connectivity index (χ2n) is 3.87. The molecular weight excluding hydrogens is 236 g/mol. The number of aliphatic carboxylic acids is 1. The number of aliphatic hydroxyl groups is 3. The Kier molecular flexibility index (Phi) is 4.42. The molecule has 5 atom stereocenters. The van der Waals surface area contributed by atoms with E-state index in [0.717, 1.165) is 0 Å². The van der Waals surface area contributed by atoms with Crippen molar-refractivity contribution in [2.75, 3.05) is 13.9 Å². The molecule has 1 heterocycles. The second-order valence-corrected chi connectivity index (χ2v) is 3.87. The Labute approximate surface area is 97.3 Å². The van der Waals surface area contributed by atoms with E-state index in [-0.39, 0.29) is 6.79 Å². The molecule has 0 spiro atoms. The molecule has 1 fully saturated rings. The minimum absolute atomic E-state index is 0.261. The third-order valence-corrected chi connectivity index (χ3v) is 2.59. The van der Waals surface area contributed by atoms with Crippen molar-refractivity contribution < 1.29 is 39.4 Å². The van der Waals surface area contributed by atoms with Gasteiger partial charge < -0.3 is 34.6 Å². The first-order valence-electron chi connectivity index (χ1n) is 4.91. The van der Waals surface area contributed by atoms with Crippen LogP contribution in [0.25, 0.3) is 0 Å². The molecule has 17 heavy (non-hydrogen) atoms. The van der Waals surface area contributed by atoms with Crippen LogP contribution in [0.4, 0.5) is 0 Å². The number of methoxy groups -OCH3 is 1. The predicted octanol–water partition coefficient (Wildman–Crippen LogP) is -2.11. The first-order chi connectivity index (χ1) is 7.83. The fraction of sp³-hybridized carbons (Fsp3) is 0.889. The lowest BCUT2D eigenvalue weighted by Gasteiger charge is -2.44. The fourth-order valence-corrected chi connectivity index (χ4v) is 1.56. The lowest BCUT2D eigenvalue weighted by Crippen LogP contribution is -2.65. The summed E-state index contributed by atoms with van der Waals surface area (Å²) < 4.78 is 14.6. The van der Waals surface area contributed by atoms with Crippen molar-refractivity contribution in [1.29, 1.82) is 0 Å². The monoisotopic (exact) mass is 252 g/mol. The standard InChI is InChI=1S/C9H16O8/c1-9(16-3-15-2)7(12)5(11)4(10)6(17-9)8(13)14/h4-7,10-12H,3H2,1-2H3,(H,13,14)/t4-,5-,6-,7+,9?/m0/s1. The van der Waals surface area contributed by atoms with Gasteiger partial charge in [0.2, 0.25) is 0 Å². The largest absolute Gasteiger partial charge is 0.479 e. The van der Waals surface area contributed by atoms with Gasteiger partial charge in [0.1, 0.15) is 25.1 Å². The summed E-state index contributed by atoms with van der Waals surface area (Å²) >= 11 is 0. The Balaban J connectivity index is 2.87. The minimum Gasteiger partial charge on any atom is -0.479 e. The van der Waals surface area contributed by atoms with Crippen LogP contribution in [-0.2, 0) is 19.0 Å². The van der Waals surface area contributed by atoms with Crippen molar-refractivity contribution >= 4 is 5.97 Å². The maximum Gasteiger partial charge on any atom is 0.335 e. The number of hydrogen-bond acceptors (Lipinski definition) is 7. The van der Waals surface area contributed by atoms with Crippen molar-refractivity contribution in [3.63, 3.8) is 0 Å². The average Bonchev–Trinajstić information content (AvgIpc) is 2.28. The van der Waals surface area contributed by atoms with Crippen molar-refractivity contribution in [3.05, 3.63) is 0 Å². The number of carbonyl (C=O) groups is 1. The average molecular weight is 252 g/mol. The van der Waals surface area contributed by atoms with E-state index >= 15 is 0 Å². The Morgan fingerprint density at radius 1 is 1.35 bits per heavy atom. The predicted molar refractivity (Wildman–Crippen MR) is 51.9 cm³/mol. The summed E-state index contributed by atoms with van der Waals surface area (Å²) in [5.41, 5.74) is 0. The van der Waals surface area contributed by atoms with Gasteiger partial charge in [0.25, 0.3) is 0 Å². The van der Waals surface area contributed by atoms with Crippen LogP contribution >= 0.6 is 0 Å². The normalized spacial score (nSPS) is 42.4. The third-order valence-electron chi connectivity index (χ3n) is 2.59. The van der Waals surface area contributed by atoms with Gasteiger partial charge in [-0.05, 0) is 6.92 Å². The summed E-state index contributed by atoms with van der Waals surface area (Å²) in [7, 11) is 1.33. The van der Waals surface area contributed by atoms with Crippen LogP contribution < -0.4 is 0 Å². The van der Waals surface area contributed by atoms with E-state index in [1.54, 1.807) is 0 Å². The molecule has 0 aliphatic carbocycles. The number of rotatable bonds is 4. The lowest BCUT2D eigenvalue weighted by atomic mass is 9.93. The quantitative estimate of drug-likeness (QED) is 0.419. The zero-order valence-electron chi connectivity index (χ0n) is 9.44. The van der Waals surface area contributed by atoms with E-state index in [0.29, 0.717) is 0 Å². The Morgan fingerprint density at radius 3 is 2.41 bits per heavy atom. The van der Waals surface area contributed by atoms with Crippen LogP contribution in [0.15, 0.2) is 0 Å². The topological polar surface area (TPSA) is 126 Å². The molecule has 1 saturated heterocycles. The van der Waals surface area contributed by atoms with Gasteiger partial charge in [-0.2, -0.15) is 0 Å². The molecule has 1 aliphatic rings. The molecule has 100 valence electrons. The maximum absolute atomic E-state index is 10.8. The highest BCUT2D eigenvalue weighted by Crippen LogP contribution is 2.31. The van der Waals surface area contributed by atoms with Crippen LogP contribution in [0.3, 0.4) is 0 Å². The highest BCUT2D eigenvalue weighted by atomic mass is 16.8. The summed E-state index contributed by atoms with van der Waals surface area (Å²) in [5.74, 6) is -3.23. The van der Waals surface area contributed by atoms with Gasteiger partial charge in [-0.25, -0.2) is 4.79 Å². The van der Waals surface area contributed by atoms with Gasteiger partial charge >= 0.3 is 5.97 Å². The number of ether oxygens (including phenoxy) is 3. The second kappa shape index (κ2) is 5.25. The molecule has 1 rings (SSSR count). The molecular formula is C9H16O8. The van der Waals surface area contributed by atoms with Crippen molar-refractivity contribution in [2.45, 2.75) is 37.1 Å². The molecule has 0 aromatic heterocycles. The number of aliphatic hydroxyl groups excluding tert-OH is 3. The summed E-state index contributed by atoms with van der Waals surface area (Å²) in [5, 5.41) is 37.5. The molecule has 0 amide bonds. The van der Waals surface area contributed by atoms with E-state index in [4.69, 9.17) is 14.6 Å². The van der Waals surface area contributed by atoms with E-state index in [2.05, 4.69) is 4.74 Å². The molecule has 8 nitrogen and oxygen atoms in total. The Bertz CT molecular complexity index is 282. The minimum atomic E-state index is -1.77. The molecule has 0 saturated carbocycles. The smallest absolute Gasteiger partial charge is 0.335 e. The molecule has 8 heteroatoms. The number of hydrogen-bond donors (Lipinski definition) is 4. The van der Waals surface area contributed by atoms with E-state index in [1.807, 2.05) is 0 Å². The lowest BCUT2D eigenvalue weighted by molar-refractivity contribution is -0.362. The highest BCUT2D eigenvalue weighted by molar-refractivity contribution is 5.73.